The Balaban J connectivity index is 2.68. The number of nitrogens with zero attached hydrogens (tertiary/aromatic N) is 1. The molecule has 4 heteroatoms. The lowest BCUT2D eigenvalue weighted by Gasteiger charge is -2.18. The molecule has 0 aromatic carbocycles. The molecule has 0 saturated carbocycles. The van der Waals surface area contributed by atoms with Crippen LogP contribution in [-0.4, -0.2) is 16.6 Å². The van der Waals surface area contributed by atoms with Crippen LogP contribution in [0, 0.1) is 12.3 Å². The van der Waals surface area contributed by atoms with Crippen LogP contribution in [0.4, 0.5) is 0 Å². The summed E-state index contributed by atoms with van der Waals surface area (Å²) in [4.78, 5) is 11.4. The van der Waals surface area contributed by atoms with Crippen molar-refractivity contribution in [2.24, 2.45) is 0 Å². The number of aromatic nitrogens is 1. The van der Waals surface area contributed by atoms with Gasteiger partial charge in [-0.05, 0) is 13.8 Å². The summed E-state index contributed by atoms with van der Waals surface area (Å²) >= 11 is 0. The molecule has 1 rings (SSSR count). The molecular formula is C9H10N2O2. The Labute approximate surface area is 76.3 Å². The summed E-state index contributed by atoms with van der Waals surface area (Å²) in [6, 6.07) is 1.47. The van der Waals surface area contributed by atoms with Crippen LogP contribution in [0.15, 0.2) is 16.9 Å². The van der Waals surface area contributed by atoms with Crippen LogP contribution in [0.2, 0.25) is 0 Å². The smallest absolute Gasteiger partial charge is 0.274 e. The molecule has 0 aliphatic carbocycles. The second-order valence-electron chi connectivity index (χ2n) is 3.11. The molecule has 0 bridgehead atoms. The monoisotopic (exact) mass is 178 g/mol. The van der Waals surface area contributed by atoms with Crippen molar-refractivity contribution in [2.75, 3.05) is 0 Å². The Morgan fingerprint density at radius 1 is 1.77 bits per heavy atom. The summed E-state index contributed by atoms with van der Waals surface area (Å²) < 4.78 is 4.52. The maximum absolute atomic E-state index is 11.4. The van der Waals surface area contributed by atoms with E-state index < -0.39 is 5.54 Å². The predicted molar refractivity (Wildman–Crippen MR) is 46.9 cm³/mol. The third kappa shape index (κ3) is 2.34. The first-order valence-corrected chi connectivity index (χ1v) is 3.76. The Kier molecular flexibility index (Phi) is 2.38. The van der Waals surface area contributed by atoms with E-state index in [1.807, 2.05) is 0 Å². The lowest BCUT2D eigenvalue weighted by atomic mass is 10.1. The lowest BCUT2D eigenvalue weighted by molar-refractivity contribution is 0.0920. The molecule has 0 unspecified atom stereocenters. The van der Waals surface area contributed by atoms with Gasteiger partial charge >= 0.3 is 0 Å². The highest BCUT2D eigenvalue weighted by Crippen LogP contribution is 2.02. The fourth-order valence-electron chi connectivity index (χ4n) is 0.714. The number of carbonyl (C=O) groups excluding carboxylic acids is 1. The fourth-order valence-corrected chi connectivity index (χ4v) is 0.714. The van der Waals surface area contributed by atoms with Crippen molar-refractivity contribution >= 4 is 5.91 Å². The van der Waals surface area contributed by atoms with Crippen molar-refractivity contribution in [3.8, 4) is 12.3 Å². The van der Waals surface area contributed by atoms with Gasteiger partial charge in [-0.15, -0.1) is 6.42 Å². The first-order valence-electron chi connectivity index (χ1n) is 3.76. The summed E-state index contributed by atoms with van der Waals surface area (Å²) in [5.74, 6) is 2.11. The van der Waals surface area contributed by atoms with Gasteiger partial charge in [-0.1, -0.05) is 11.1 Å². The van der Waals surface area contributed by atoms with E-state index in [0.29, 0.717) is 0 Å². The molecule has 0 spiro atoms. The first-order chi connectivity index (χ1) is 6.05. The summed E-state index contributed by atoms with van der Waals surface area (Å²) in [6.07, 6.45) is 6.53. The van der Waals surface area contributed by atoms with E-state index in [1.54, 1.807) is 13.8 Å². The lowest BCUT2D eigenvalue weighted by Crippen LogP contribution is -2.42. The minimum absolute atomic E-state index is 0.225. The van der Waals surface area contributed by atoms with Crippen molar-refractivity contribution in [1.29, 1.82) is 0 Å². The van der Waals surface area contributed by atoms with E-state index in [-0.39, 0.29) is 11.6 Å². The Morgan fingerprint density at radius 2 is 2.46 bits per heavy atom. The molecule has 1 aromatic rings. The van der Waals surface area contributed by atoms with E-state index in [0.717, 1.165) is 0 Å². The number of hydrogen-bond donors (Lipinski definition) is 1. The highest BCUT2D eigenvalue weighted by atomic mass is 16.5. The van der Waals surface area contributed by atoms with Gasteiger partial charge in [0.05, 0.1) is 5.54 Å². The van der Waals surface area contributed by atoms with Crippen LogP contribution >= 0.6 is 0 Å². The minimum atomic E-state index is -0.671. The molecule has 1 N–H and O–H groups in total. The minimum Gasteiger partial charge on any atom is -0.364 e. The molecular weight excluding hydrogens is 168 g/mol. The second-order valence-corrected chi connectivity index (χ2v) is 3.11. The molecule has 0 fully saturated rings. The molecule has 13 heavy (non-hydrogen) atoms. The Morgan fingerprint density at radius 3 is 2.92 bits per heavy atom. The van der Waals surface area contributed by atoms with Crippen molar-refractivity contribution in [2.45, 2.75) is 19.4 Å². The SMILES string of the molecule is C#CC(C)(C)NC(=O)c1ccon1. The number of amides is 1. The standard InChI is InChI=1S/C9H10N2O2/c1-4-9(2,3)10-8(12)7-5-6-13-11-7/h1,5-6H,2-3H3,(H,10,12). The number of terminal acetylenes is 1. The maximum atomic E-state index is 11.4. The molecule has 0 saturated heterocycles. The molecule has 0 aliphatic heterocycles. The maximum Gasteiger partial charge on any atom is 0.274 e. The summed E-state index contributed by atoms with van der Waals surface area (Å²) in [5.41, 5.74) is -0.445. The third-order valence-corrected chi connectivity index (χ3v) is 1.46. The zero-order chi connectivity index (χ0) is 9.90. The van der Waals surface area contributed by atoms with E-state index in [9.17, 15) is 4.79 Å². The molecule has 1 aromatic heterocycles. The van der Waals surface area contributed by atoms with Crippen molar-refractivity contribution in [3.05, 3.63) is 18.0 Å². The van der Waals surface area contributed by atoms with Gasteiger partial charge in [0.1, 0.15) is 6.26 Å². The Hall–Kier alpha value is -1.76. The molecule has 0 radical (unpaired) electrons. The van der Waals surface area contributed by atoms with Crippen molar-refractivity contribution in [3.63, 3.8) is 0 Å². The van der Waals surface area contributed by atoms with Gasteiger partial charge in [0.2, 0.25) is 0 Å². The highest BCUT2D eigenvalue weighted by Gasteiger charge is 2.19. The van der Waals surface area contributed by atoms with Gasteiger partial charge in [-0.2, -0.15) is 0 Å². The van der Waals surface area contributed by atoms with E-state index in [4.69, 9.17) is 6.42 Å². The molecule has 4 nitrogen and oxygen atoms in total. The summed E-state index contributed by atoms with van der Waals surface area (Å²) in [5, 5.41) is 6.09. The zero-order valence-corrected chi connectivity index (χ0v) is 7.50. The van der Waals surface area contributed by atoms with Crippen LogP contribution in [0.25, 0.3) is 0 Å². The Bertz CT molecular complexity index is 333. The molecule has 0 atom stereocenters. The topological polar surface area (TPSA) is 55.1 Å². The van der Waals surface area contributed by atoms with E-state index in [1.165, 1.54) is 12.3 Å². The first kappa shape index (κ1) is 9.33. The number of hydrogen-bond acceptors (Lipinski definition) is 3. The van der Waals surface area contributed by atoms with Crippen molar-refractivity contribution in [1.82, 2.24) is 10.5 Å². The summed E-state index contributed by atoms with van der Waals surface area (Å²) in [7, 11) is 0. The van der Waals surface area contributed by atoms with Crippen molar-refractivity contribution < 1.29 is 9.32 Å². The van der Waals surface area contributed by atoms with Crippen LogP contribution < -0.4 is 5.32 Å². The number of nitrogens with one attached hydrogen (secondary N) is 1. The quantitative estimate of drug-likeness (QED) is 0.682. The van der Waals surface area contributed by atoms with Gasteiger partial charge in [0.25, 0.3) is 5.91 Å². The number of carbonyl (C=O) groups is 1. The average molecular weight is 178 g/mol. The predicted octanol–water partition coefficient (Wildman–Crippen LogP) is 0.816. The highest BCUT2D eigenvalue weighted by molar-refractivity contribution is 5.92. The van der Waals surface area contributed by atoms with Crippen LogP contribution in [-0.2, 0) is 0 Å². The summed E-state index contributed by atoms with van der Waals surface area (Å²) in [6.45, 7) is 3.45. The van der Waals surface area contributed by atoms with Crippen LogP contribution in [0.3, 0.4) is 0 Å². The second kappa shape index (κ2) is 3.31. The van der Waals surface area contributed by atoms with Gasteiger partial charge in [0, 0.05) is 6.07 Å². The van der Waals surface area contributed by atoms with E-state index in [2.05, 4.69) is 20.9 Å². The van der Waals surface area contributed by atoms with Gasteiger partial charge in [0.15, 0.2) is 5.69 Å². The third-order valence-electron chi connectivity index (χ3n) is 1.46. The van der Waals surface area contributed by atoms with Gasteiger partial charge in [-0.3, -0.25) is 4.79 Å². The fraction of sp³-hybridized carbons (Fsp3) is 0.333. The number of rotatable bonds is 2. The normalized spacial score (nSPS) is 10.5. The molecule has 0 aliphatic rings. The largest absolute Gasteiger partial charge is 0.364 e. The molecule has 1 heterocycles. The average Bonchev–Trinajstić information content (AvgIpc) is 2.55. The van der Waals surface area contributed by atoms with Gasteiger partial charge < -0.3 is 9.84 Å². The van der Waals surface area contributed by atoms with Crippen LogP contribution in [0.1, 0.15) is 24.3 Å². The van der Waals surface area contributed by atoms with Gasteiger partial charge in [-0.25, -0.2) is 0 Å². The molecule has 68 valence electrons. The zero-order valence-electron chi connectivity index (χ0n) is 7.50. The van der Waals surface area contributed by atoms with Crippen LogP contribution in [0.5, 0.6) is 0 Å². The molecule has 1 amide bonds. The van der Waals surface area contributed by atoms with E-state index >= 15 is 0 Å².